The summed E-state index contributed by atoms with van der Waals surface area (Å²) in [7, 11) is 1.96. The lowest BCUT2D eigenvalue weighted by molar-refractivity contribution is 0.669. The zero-order chi connectivity index (χ0) is 12.5. The third-order valence-electron chi connectivity index (χ3n) is 3.08. The van der Waals surface area contributed by atoms with E-state index in [1.54, 1.807) is 11.3 Å². The normalized spacial score (nSPS) is 13.0. The smallest absolute Gasteiger partial charge is 0.0795 e. The van der Waals surface area contributed by atoms with Crippen LogP contribution in [0, 0.1) is 0 Å². The molecule has 1 atom stereocenters. The van der Waals surface area contributed by atoms with Gasteiger partial charge < -0.3 is 5.73 Å². The quantitative estimate of drug-likeness (QED) is 0.784. The van der Waals surface area contributed by atoms with Crippen molar-refractivity contribution in [3.63, 3.8) is 0 Å². The Hall–Kier alpha value is -1.72. The Morgan fingerprint density at radius 1 is 1.39 bits per heavy atom. The number of para-hydroxylation sites is 1. The number of hydrogen-bond acceptors (Lipinski definition) is 4. The second kappa shape index (κ2) is 4.51. The SMILES string of the molecule is Cn1nc(CC(N)c2cscn2)c2ccccc21. The van der Waals surface area contributed by atoms with Gasteiger partial charge in [0.15, 0.2) is 0 Å². The van der Waals surface area contributed by atoms with E-state index >= 15 is 0 Å². The summed E-state index contributed by atoms with van der Waals surface area (Å²) in [4.78, 5) is 4.26. The van der Waals surface area contributed by atoms with Crippen molar-refractivity contribution in [1.29, 1.82) is 0 Å². The molecule has 1 aromatic carbocycles. The lowest BCUT2D eigenvalue weighted by atomic mass is 10.1. The molecule has 1 unspecified atom stereocenters. The van der Waals surface area contributed by atoms with E-state index in [-0.39, 0.29) is 6.04 Å². The van der Waals surface area contributed by atoms with Crippen LogP contribution in [0.5, 0.6) is 0 Å². The minimum absolute atomic E-state index is 0.0884. The average Bonchev–Trinajstić information content (AvgIpc) is 3.00. The van der Waals surface area contributed by atoms with Crippen LogP contribution in [0.1, 0.15) is 17.4 Å². The molecule has 92 valence electrons. The Labute approximate surface area is 109 Å². The number of fused-ring (bicyclic) bond motifs is 1. The summed E-state index contributed by atoms with van der Waals surface area (Å²) < 4.78 is 1.90. The maximum atomic E-state index is 6.17. The lowest BCUT2D eigenvalue weighted by Gasteiger charge is -2.06. The predicted octanol–water partition coefficient (Wildman–Crippen LogP) is 2.27. The molecule has 0 radical (unpaired) electrons. The third kappa shape index (κ3) is 1.91. The number of thiazole rings is 1. The van der Waals surface area contributed by atoms with Crippen LogP contribution in [0.4, 0.5) is 0 Å². The van der Waals surface area contributed by atoms with Gasteiger partial charge in [-0.2, -0.15) is 5.10 Å². The number of nitrogens with zero attached hydrogens (tertiary/aromatic N) is 3. The van der Waals surface area contributed by atoms with E-state index in [1.807, 2.05) is 34.8 Å². The van der Waals surface area contributed by atoms with Crippen LogP contribution in [0.2, 0.25) is 0 Å². The summed E-state index contributed by atoms with van der Waals surface area (Å²) in [6, 6.07) is 8.12. The molecule has 3 rings (SSSR count). The van der Waals surface area contributed by atoms with Crippen LogP contribution < -0.4 is 5.73 Å². The molecule has 18 heavy (non-hydrogen) atoms. The number of benzene rings is 1. The van der Waals surface area contributed by atoms with Crippen molar-refractivity contribution in [1.82, 2.24) is 14.8 Å². The molecule has 0 aliphatic heterocycles. The minimum Gasteiger partial charge on any atom is -0.322 e. The van der Waals surface area contributed by atoms with Crippen molar-refractivity contribution in [3.8, 4) is 0 Å². The molecule has 0 aliphatic rings. The first-order valence-electron chi connectivity index (χ1n) is 5.80. The van der Waals surface area contributed by atoms with E-state index in [2.05, 4.69) is 22.2 Å². The zero-order valence-electron chi connectivity index (χ0n) is 10.1. The Kier molecular flexibility index (Phi) is 2.85. The van der Waals surface area contributed by atoms with Crippen molar-refractivity contribution in [2.45, 2.75) is 12.5 Å². The van der Waals surface area contributed by atoms with Crippen molar-refractivity contribution in [3.05, 3.63) is 46.5 Å². The topological polar surface area (TPSA) is 56.7 Å². The van der Waals surface area contributed by atoms with Crippen LogP contribution in [0.25, 0.3) is 10.9 Å². The molecule has 2 aromatic heterocycles. The van der Waals surface area contributed by atoms with Gasteiger partial charge in [-0.25, -0.2) is 4.98 Å². The van der Waals surface area contributed by atoms with Gasteiger partial charge in [-0.1, -0.05) is 18.2 Å². The number of aromatic nitrogens is 3. The minimum atomic E-state index is -0.0884. The maximum absolute atomic E-state index is 6.17. The Bertz CT molecular complexity index is 657. The summed E-state index contributed by atoms with van der Waals surface area (Å²) in [5.74, 6) is 0. The molecule has 4 nitrogen and oxygen atoms in total. The van der Waals surface area contributed by atoms with Crippen LogP contribution >= 0.6 is 11.3 Å². The first kappa shape index (κ1) is 11.4. The summed E-state index contributed by atoms with van der Waals surface area (Å²) in [6.07, 6.45) is 0.713. The molecule has 0 spiro atoms. The van der Waals surface area contributed by atoms with Gasteiger partial charge in [0.05, 0.1) is 28.5 Å². The summed E-state index contributed by atoms with van der Waals surface area (Å²) in [5.41, 5.74) is 11.1. The van der Waals surface area contributed by atoms with E-state index < -0.39 is 0 Å². The van der Waals surface area contributed by atoms with E-state index in [0.717, 1.165) is 16.9 Å². The molecular weight excluding hydrogens is 244 g/mol. The third-order valence-corrected chi connectivity index (χ3v) is 3.68. The van der Waals surface area contributed by atoms with Gasteiger partial charge in [-0.05, 0) is 6.07 Å². The largest absolute Gasteiger partial charge is 0.322 e. The Balaban J connectivity index is 1.96. The number of hydrogen-bond donors (Lipinski definition) is 1. The number of aryl methyl sites for hydroxylation is 1. The van der Waals surface area contributed by atoms with Gasteiger partial charge in [0.1, 0.15) is 0 Å². The van der Waals surface area contributed by atoms with Gasteiger partial charge >= 0.3 is 0 Å². The molecule has 0 fully saturated rings. The molecular formula is C13H14N4S. The molecule has 0 saturated heterocycles. The highest BCUT2D eigenvalue weighted by molar-refractivity contribution is 7.07. The monoisotopic (exact) mass is 258 g/mol. The van der Waals surface area contributed by atoms with Crippen LogP contribution in [-0.4, -0.2) is 14.8 Å². The van der Waals surface area contributed by atoms with Crippen LogP contribution in [0.15, 0.2) is 35.2 Å². The summed E-state index contributed by atoms with van der Waals surface area (Å²) in [5, 5.41) is 7.72. The predicted molar refractivity (Wildman–Crippen MR) is 73.5 cm³/mol. The molecule has 5 heteroatoms. The van der Waals surface area contributed by atoms with Gasteiger partial charge in [-0.15, -0.1) is 11.3 Å². The second-order valence-corrected chi connectivity index (χ2v) is 5.03. The van der Waals surface area contributed by atoms with Gasteiger partial charge in [-0.3, -0.25) is 4.68 Å². The second-order valence-electron chi connectivity index (χ2n) is 4.31. The molecule has 0 aliphatic carbocycles. The van der Waals surface area contributed by atoms with E-state index in [9.17, 15) is 0 Å². The van der Waals surface area contributed by atoms with Gasteiger partial charge in [0, 0.05) is 24.2 Å². The zero-order valence-corrected chi connectivity index (χ0v) is 10.9. The van der Waals surface area contributed by atoms with E-state index in [4.69, 9.17) is 5.73 Å². The molecule has 2 N–H and O–H groups in total. The van der Waals surface area contributed by atoms with Gasteiger partial charge in [0.2, 0.25) is 0 Å². The first-order valence-corrected chi connectivity index (χ1v) is 6.74. The standard InChI is InChI=1S/C13H14N4S/c1-17-13-5-3-2-4-9(13)11(16-17)6-10(14)12-7-18-8-15-12/h2-5,7-8,10H,6,14H2,1H3. The van der Waals surface area contributed by atoms with Crippen molar-refractivity contribution in [2.75, 3.05) is 0 Å². The van der Waals surface area contributed by atoms with Crippen molar-refractivity contribution in [2.24, 2.45) is 12.8 Å². The van der Waals surface area contributed by atoms with E-state index in [1.165, 1.54) is 5.39 Å². The molecule has 0 amide bonds. The number of rotatable bonds is 3. The fraction of sp³-hybridized carbons (Fsp3) is 0.231. The summed E-state index contributed by atoms with van der Waals surface area (Å²) >= 11 is 1.57. The van der Waals surface area contributed by atoms with Gasteiger partial charge in [0.25, 0.3) is 0 Å². The number of nitrogens with two attached hydrogens (primary N) is 1. The van der Waals surface area contributed by atoms with Crippen molar-refractivity contribution >= 4 is 22.2 Å². The fourth-order valence-corrected chi connectivity index (χ4v) is 2.78. The lowest BCUT2D eigenvalue weighted by Crippen LogP contribution is -2.14. The molecule has 0 bridgehead atoms. The molecule has 0 saturated carbocycles. The maximum Gasteiger partial charge on any atom is 0.0795 e. The van der Waals surface area contributed by atoms with Crippen LogP contribution in [0.3, 0.4) is 0 Å². The highest BCUT2D eigenvalue weighted by Gasteiger charge is 2.14. The van der Waals surface area contributed by atoms with Crippen LogP contribution in [-0.2, 0) is 13.5 Å². The molecule has 3 aromatic rings. The highest BCUT2D eigenvalue weighted by Crippen LogP contribution is 2.22. The fourth-order valence-electron chi connectivity index (χ4n) is 2.16. The highest BCUT2D eigenvalue weighted by atomic mass is 32.1. The average molecular weight is 258 g/mol. The first-order chi connectivity index (χ1) is 8.75. The van der Waals surface area contributed by atoms with E-state index in [0.29, 0.717) is 6.42 Å². The molecule has 2 heterocycles. The van der Waals surface area contributed by atoms with Crippen molar-refractivity contribution < 1.29 is 0 Å². The Morgan fingerprint density at radius 3 is 3.00 bits per heavy atom. The summed E-state index contributed by atoms with van der Waals surface area (Å²) in [6.45, 7) is 0. The Morgan fingerprint density at radius 2 is 2.22 bits per heavy atom.